The summed E-state index contributed by atoms with van der Waals surface area (Å²) in [6.07, 6.45) is 1.09. The minimum Gasteiger partial charge on any atom is -0.455 e. The number of ether oxygens (including phenoxy) is 1. The molecule has 2 atom stereocenters. The average molecular weight is 204 g/mol. The van der Waals surface area contributed by atoms with Gasteiger partial charge in [-0.25, -0.2) is 0 Å². The van der Waals surface area contributed by atoms with Gasteiger partial charge in [-0.05, 0) is 17.9 Å². The minimum absolute atomic E-state index is 0.114. The largest absolute Gasteiger partial charge is 0.455 e. The van der Waals surface area contributed by atoms with Crippen molar-refractivity contribution in [3.63, 3.8) is 0 Å². The Labute approximate surface area is 88.1 Å². The number of carbonyl (C=O) groups excluding carboxylic acids is 2. The molecule has 1 saturated heterocycles. The Morgan fingerprint density at radius 3 is 2.67 bits per heavy atom. The van der Waals surface area contributed by atoms with Crippen LogP contribution in [-0.4, -0.2) is 18.4 Å². The van der Waals surface area contributed by atoms with Crippen molar-refractivity contribution in [2.45, 2.75) is 24.9 Å². The molecule has 1 heterocycles. The van der Waals surface area contributed by atoms with E-state index in [0.717, 1.165) is 5.56 Å². The Balaban J connectivity index is 2.16. The normalized spacial score (nSPS) is 25.7. The van der Waals surface area contributed by atoms with Crippen molar-refractivity contribution in [2.24, 2.45) is 0 Å². The highest BCUT2D eigenvalue weighted by Gasteiger charge is 2.28. The zero-order chi connectivity index (χ0) is 10.7. The molecule has 3 heteroatoms. The summed E-state index contributed by atoms with van der Waals surface area (Å²) < 4.78 is 4.88. The monoisotopic (exact) mass is 204 g/mol. The van der Waals surface area contributed by atoms with Crippen molar-refractivity contribution in [3.8, 4) is 0 Å². The Kier molecular flexibility index (Phi) is 2.81. The third-order valence-corrected chi connectivity index (χ3v) is 2.64. The first-order valence-electron chi connectivity index (χ1n) is 4.99. The molecule has 15 heavy (non-hydrogen) atoms. The summed E-state index contributed by atoms with van der Waals surface area (Å²) in [5, 5.41) is 0. The molecular formula is C12H12O3. The maximum Gasteiger partial charge on any atom is 0.307 e. The number of esters is 1. The van der Waals surface area contributed by atoms with Gasteiger partial charge in [-0.15, -0.1) is 0 Å². The predicted octanol–water partition coefficient (Wildman–Crippen LogP) is 1.67. The SMILES string of the molecule is O=CC1CC(c2ccccc2)CC(=O)O1. The zero-order valence-electron chi connectivity index (χ0n) is 8.26. The van der Waals surface area contributed by atoms with E-state index in [1.165, 1.54) is 0 Å². The lowest BCUT2D eigenvalue weighted by Crippen LogP contribution is -2.29. The lowest BCUT2D eigenvalue weighted by atomic mass is 9.89. The van der Waals surface area contributed by atoms with Gasteiger partial charge in [0.05, 0.1) is 6.42 Å². The molecule has 1 aliphatic rings. The second-order valence-corrected chi connectivity index (χ2v) is 3.71. The Bertz CT molecular complexity index is 358. The summed E-state index contributed by atoms with van der Waals surface area (Å²) in [6, 6.07) is 9.76. The maximum absolute atomic E-state index is 11.2. The molecule has 0 saturated carbocycles. The van der Waals surface area contributed by atoms with Crippen LogP contribution in [0.5, 0.6) is 0 Å². The van der Waals surface area contributed by atoms with Gasteiger partial charge in [0.1, 0.15) is 0 Å². The van der Waals surface area contributed by atoms with E-state index in [2.05, 4.69) is 0 Å². The standard InChI is InChI=1S/C12H12O3/c13-8-11-6-10(7-12(14)15-11)9-4-2-1-3-5-9/h1-5,8,10-11H,6-7H2. The molecule has 0 spiro atoms. The number of aldehydes is 1. The van der Waals surface area contributed by atoms with E-state index < -0.39 is 6.10 Å². The van der Waals surface area contributed by atoms with E-state index in [0.29, 0.717) is 19.1 Å². The highest BCUT2D eigenvalue weighted by Crippen LogP contribution is 2.29. The van der Waals surface area contributed by atoms with Gasteiger partial charge in [-0.2, -0.15) is 0 Å². The third kappa shape index (κ3) is 2.24. The van der Waals surface area contributed by atoms with Gasteiger partial charge in [-0.1, -0.05) is 30.3 Å². The lowest BCUT2D eigenvalue weighted by molar-refractivity contribution is -0.157. The quantitative estimate of drug-likeness (QED) is 0.543. The lowest BCUT2D eigenvalue weighted by Gasteiger charge is -2.25. The highest BCUT2D eigenvalue weighted by atomic mass is 16.5. The number of benzene rings is 1. The van der Waals surface area contributed by atoms with E-state index in [9.17, 15) is 9.59 Å². The van der Waals surface area contributed by atoms with Gasteiger partial charge in [-0.3, -0.25) is 9.59 Å². The van der Waals surface area contributed by atoms with Gasteiger partial charge in [0.2, 0.25) is 0 Å². The summed E-state index contributed by atoms with van der Waals surface area (Å²) in [5.41, 5.74) is 1.10. The molecular weight excluding hydrogens is 192 g/mol. The van der Waals surface area contributed by atoms with Crippen molar-refractivity contribution in [1.29, 1.82) is 0 Å². The molecule has 1 aromatic rings. The van der Waals surface area contributed by atoms with E-state index >= 15 is 0 Å². The topological polar surface area (TPSA) is 43.4 Å². The van der Waals surface area contributed by atoms with Crippen LogP contribution in [0.25, 0.3) is 0 Å². The van der Waals surface area contributed by atoms with E-state index in [1.807, 2.05) is 30.3 Å². The number of rotatable bonds is 2. The number of hydrogen-bond acceptors (Lipinski definition) is 3. The molecule has 0 amide bonds. The van der Waals surface area contributed by atoms with Crippen LogP contribution < -0.4 is 0 Å². The van der Waals surface area contributed by atoms with Crippen LogP contribution >= 0.6 is 0 Å². The van der Waals surface area contributed by atoms with Crippen molar-refractivity contribution in [1.82, 2.24) is 0 Å². The van der Waals surface area contributed by atoms with Gasteiger partial charge >= 0.3 is 5.97 Å². The first kappa shape index (κ1) is 9.90. The first-order chi connectivity index (χ1) is 7.29. The van der Waals surface area contributed by atoms with Gasteiger partial charge in [0.15, 0.2) is 12.4 Å². The van der Waals surface area contributed by atoms with Crippen LogP contribution in [0.2, 0.25) is 0 Å². The fourth-order valence-corrected chi connectivity index (χ4v) is 1.89. The smallest absolute Gasteiger partial charge is 0.307 e. The van der Waals surface area contributed by atoms with E-state index in [-0.39, 0.29) is 11.9 Å². The molecule has 78 valence electrons. The van der Waals surface area contributed by atoms with Crippen LogP contribution in [0.3, 0.4) is 0 Å². The van der Waals surface area contributed by atoms with Crippen molar-refractivity contribution in [2.75, 3.05) is 0 Å². The molecule has 0 aliphatic carbocycles. The number of carbonyl (C=O) groups is 2. The Hall–Kier alpha value is -1.64. The molecule has 1 aliphatic heterocycles. The molecule has 3 nitrogen and oxygen atoms in total. The number of hydrogen-bond donors (Lipinski definition) is 0. The van der Waals surface area contributed by atoms with Crippen LogP contribution in [0.4, 0.5) is 0 Å². The maximum atomic E-state index is 11.2. The molecule has 1 fully saturated rings. The predicted molar refractivity (Wildman–Crippen MR) is 54.4 cm³/mol. The van der Waals surface area contributed by atoms with E-state index in [1.54, 1.807) is 0 Å². The first-order valence-corrected chi connectivity index (χ1v) is 4.99. The van der Waals surface area contributed by atoms with Crippen molar-refractivity contribution >= 4 is 12.3 Å². The molecule has 0 radical (unpaired) electrons. The third-order valence-electron chi connectivity index (χ3n) is 2.64. The summed E-state index contributed by atoms with van der Waals surface area (Å²) in [6.45, 7) is 0. The van der Waals surface area contributed by atoms with E-state index in [4.69, 9.17) is 4.74 Å². The number of cyclic esters (lactones) is 1. The average Bonchev–Trinajstić information content (AvgIpc) is 2.29. The fraction of sp³-hybridized carbons (Fsp3) is 0.333. The van der Waals surface area contributed by atoms with Crippen LogP contribution in [0.15, 0.2) is 30.3 Å². The van der Waals surface area contributed by atoms with Gasteiger partial charge < -0.3 is 4.74 Å². The molecule has 2 rings (SSSR count). The fourth-order valence-electron chi connectivity index (χ4n) is 1.89. The van der Waals surface area contributed by atoms with Crippen molar-refractivity contribution in [3.05, 3.63) is 35.9 Å². The summed E-state index contributed by atoms with van der Waals surface area (Å²) in [7, 11) is 0. The summed E-state index contributed by atoms with van der Waals surface area (Å²) >= 11 is 0. The molecule has 1 aromatic carbocycles. The van der Waals surface area contributed by atoms with Crippen LogP contribution in [0.1, 0.15) is 24.3 Å². The van der Waals surface area contributed by atoms with Crippen molar-refractivity contribution < 1.29 is 14.3 Å². The summed E-state index contributed by atoms with van der Waals surface area (Å²) in [5.74, 6) is -0.171. The van der Waals surface area contributed by atoms with Gasteiger partial charge in [0, 0.05) is 0 Å². The molecule has 2 unspecified atom stereocenters. The molecule has 0 aromatic heterocycles. The van der Waals surface area contributed by atoms with Crippen LogP contribution in [0, 0.1) is 0 Å². The molecule has 0 N–H and O–H groups in total. The van der Waals surface area contributed by atoms with Gasteiger partial charge in [0.25, 0.3) is 0 Å². The second-order valence-electron chi connectivity index (χ2n) is 3.71. The van der Waals surface area contributed by atoms with Crippen LogP contribution in [-0.2, 0) is 14.3 Å². The highest BCUT2D eigenvalue weighted by molar-refractivity contribution is 5.75. The Morgan fingerprint density at radius 2 is 2.00 bits per heavy atom. The zero-order valence-corrected chi connectivity index (χ0v) is 8.26. The summed E-state index contributed by atoms with van der Waals surface area (Å²) in [4.78, 5) is 21.8. The minimum atomic E-state index is -0.573. The molecule has 0 bridgehead atoms. The second kappa shape index (κ2) is 4.26. The Morgan fingerprint density at radius 1 is 1.27 bits per heavy atom.